The van der Waals surface area contributed by atoms with Crippen LogP contribution in [-0.2, 0) is 14.8 Å². The number of carbonyl (C=O) groups excluding carboxylic acids is 1. The van der Waals surface area contributed by atoms with Crippen molar-refractivity contribution in [3.8, 4) is 0 Å². The van der Waals surface area contributed by atoms with E-state index in [2.05, 4.69) is 0 Å². The Bertz CT molecular complexity index is 643. The van der Waals surface area contributed by atoms with Crippen LogP contribution in [0, 0.1) is 10.1 Å². The highest BCUT2D eigenvalue weighted by atomic mass is 35.5. The summed E-state index contributed by atoms with van der Waals surface area (Å²) >= 11 is 6.24. The number of nitrogens with two attached hydrogens (primary N) is 1. The number of carbonyl (C=O) groups is 1. The largest absolute Gasteiger partial charge is 0.369 e. The fraction of sp³-hybridized carbons (Fsp3) is 0.500. The van der Waals surface area contributed by atoms with Gasteiger partial charge >= 0.3 is 0 Å². The van der Waals surface area contributed by atoms with E-state index in [1.54, 1.807) is 0 Å². The molecule has 0 saturated heterocycles. The second-order valence-electron chi connectivity index (χ2n) is 4.14. The molecule has 1 aromatic rings. The summed E-state index contributed by atoms with van der Waals surface area (Å²) in [6, 6.07) is 0.891. The van der Waals surface area contributed by atoms with Crippen LogP contribution in [0.4, 0.5) is 5.69 Å². The lowest BCUT2D eigenvalue weighted by Gasteiger charge is -2.19. The van der Waals surface area contributed by atoms with Gasteiger partial charge in [-0.25, -0.2) is 8.42 Å². The van der Waals surface area contributed by atoms with Crippen LogP contribution in [0.5, 0.6) is 0 Å². The minimum atomic E-state index is -4.04. The predicted molar refractivity (Wildman–Crippen MR) is 78.8 cm³/mol. The maximum Gasteiger partial charge on any atom is 0.300 e. The van der Waals surface area contributed by atoms with E-state index in [1.807, 2.05) is 6.92 Å². The van der Waals surface area contributed by atoms with Crippen molar-refractivity contribution in [1.29, 1.82) is 0 Å². The lowest BCUT2D eigenvalue weighted by molar-refractivity contribution is -0.384. The fourth-order valence-corrected chi connectivity index (χ4v) is 4.77. The standard InChI is InChI=1S/C10H14ClN3O5S2/c1-2-3-4-13(6-8(12)15)21(18,19)9-5-7(14(16)17)10(11)20-9/h5H,2-4,6H2,1H3,(H2,12,15). The molecular formula is C10H14ClN3O5S2. The average molecular weight is 356 g/mol. The van der Waals surface area contributed by atoms with Crippen LogP contribution >= 0.6 is 22.9 Å². The summed E-state index contributed by atoms with van der Waals surface area (Å²) in [5.41, 5.74) is 4.57. The van der Waals surface area contributed by atoms with E-state index < -0.39 is 33.1 Å². The number of rotatable bonds is 8. The van der Waals surface area contributed by atoms with Gasteiger partial charge < -0.3 is 5.73 Å². The molecule has 1 rings (SSSR count). The maximum atomic E-state index is 12.4. The lowest BCUT2D eigenvalue weighted by atomic mass is 10.3. The number of thiophene rings is 1. The smallest absolute Gasteiger partial charge is 0.300 e. The Labute approximate surface area is 130 Å². The van der Waals surface area contributed by atoms with E-state index in [0.717, 1.165) is 16.8 Å². The molecule has 0 aromatic carbocycles. The Kier molecular flexibility index (Phi) is 6.08. The van der Waals surface area contributed by atoms with Crippen molar-refractivity contribution in [2.24, 2.45) is 5.73 Å². The topological polar surface area (TPSA) is 124 Å². The molecule has 21 heavy (non-hydrogen) atoms. The third-order valence-electron chi connectivity index (χ3n) is 2.53. The maximum absolute atomic E-state index is 12.4. The van der Waals surface area contributed by atoms with Crippen molar-refractivity contribution in [1.82, 2.24) is 4.31 Å². The second-order valence-corrected chi connectivity index (χ2v) is 7.96. The van der Waals surface area contributed by atoms with Gasteiger partial charge in [0.2, 0.25) is 5.91 Å². The predicted octanol–water partition coefficient (Wildman–Crippen LogP) is 1.59. The minimum absolute atomic E-state index is 0.102. The number of unbranched alkanes of at least 4 members (excludes halogenated alkanes) is 1. The fourth-order valence-electron chi connectivity index (χ4n) is 1.51. The van der Waals surface area contributed by atoms with E-state index >= 15 is 0 Å². The van der Waals surface area contributed by atoms with Gasteiger partial charge in [-0.05, 0) is 6.42 Å². The van der Waals surface area contributed by atoms with E-state index in [-0.39, 0.29) is 15.1 Å². The number of halogens is 1. The first-order chi connectivity index (χ1) is 9.70. The zero-order valence-corrected chi connectivity index (χ0v) is 13.5. The molecule has 1 aromatic heterocycles. The third kappa shape index (κ3) is 4.37. The van der Waals surface area contributed by atoms with Crippen LogP contribution in [0.3, 0.4) is 0 Å². The van der Waals surface area contributed by atoms with Crippen LogP contribution in [0.25, 0.3) is 0 Å². The SMILES string of the molecule is CCCCN(CC(N)=O)S(=O)(=O)c1cc([N+](=O)[O-])c(Cl)s1. The number of nitro groups is 1. The number of primary amides is 1. The molecule has 0 unspecified atom stereocenters. The number of hydrogen-bond donors (Lipinski definition) is 1. The lowest BCUT2D eigenvalue weighted by Crippen LogP contribution is -2.38. The van der Waals surface area contributed by atoms with Gasteiger partial charge in [-0.2, -0.15) is 4.31 Å². The first kappa shape index (κ1) is 17.8. The van der Waals surface area contributed by atoms with Gasteiger partial charge in [0.1, 0.15) is 4.21 Å². The van der Waals surface area contributed by atoms with E-state index in [1.165, 1.54) is 0 Å². The van der Waals surface area contributed by atoms with E-state index in [9.17, 15) is 23.3 Å². The van der Waals surface area contributed by atoms with Crippen LogP contribution in [0.15, 0.2) is 10.3 Å². The Balaban J connectivity index is 3.18. The molecule has 1 heterocycles. The van der Waals surface area contributed by atoms with Crippen molar-refractivity contribution >= 4 is 44.6 Å². The van der Waals surface area contributed by atoms with Gasteiger partial charge in [0, 0.05) is 12.6 Å². The Hall–Kier alpha value is -1.23. The summed E-state index contributed by atoms with van der Waals surface area (Å²) < 4.78 is 25.2. The molecule has 0 radical (unpaired) electrons. The number of amides is 1. The first-order valence-corrected chi connectivity index (χ1v) is 8.55. The highest BCUT2D eigenvalue weighted by molar-refractivity contribution is 7.91. The summed E-state index contributed by atoms with van der Waals surface area (Å²) in [7, 11) is -4.04. The zero-order chi connectivity index (χ0) is 16.2. The van der Waals surface area contributed by atoms with Crippen LogP contribution in [0.2, 0.25) is 4.34 Å². The number of sulfonamides is 1. The van der Waals surface area contributed by atoms with Crippen molar-refractivity contribution in [3.63, 3.8) is 0 Å². The molecule has 0 aliphatic rings. The Morgan fingerprint density at radius 1 is 1.57 bits per heavy atom. The number of nitrogens with zero attached hydrogens (tertiary/aromatic N) is 2. The van der Waals surface area contributed by atoms with Gasteiger partial charge in [0.15, 0.2) is 4.34 Å². The highest BCUT2D eigenvalue weighted by Crippen LogP contribution is 2.37. The molecule has 0 bridgehead atoms. The molecule has 0 aliphatic carbocycles. The quantitative estimate of drug-likeness (QED) is 0.560. The first-order valence-electron chi connectivity index (χ1n) is 5.92. The van der Waals surface area contributed by atoms with Crippen molar-refractivity contribution < 1.29 is 18.1 Å². The average Bonchev–Trinajstić information content (AvgIpc) is 2.76. The summed E-state index contributed by atoms with van der Waals surface area (Å²) in [6.45, 7) is 1.48. The zero-order valence-electron chi connectivity index (χ0n) is 11.1. The van der Waals surface area contributed by atoms with Gasteiger partial charge in [-0.1, -0.05) is 24.9 Å². The second kappa shape index (κ2) is 7.16. The molecule has 0 spiro atoms. The van der Waals surface area contributed by atoms with Crippen LogP contribution in [-0.4, -0.2) is 36.6 Å². The van der Waals surface area contributed by atoms with Gasteiger partial charge in [0.25, 0.3) is 15.7 Å². The van der Waals surface area contributed by atoms with Crippen LogP contribution < -0.4 is 5.73 Å². The van der Waals surface area contributed by atoms with E-state index in [0.29, 0.717) is 17.8 Å². The minimum Gasteiger partial charge on any atom is -0.369 e. The van der Waals surface area contributed by atoms with Gasteiger partial charge in [0.05, 0.1) is 11.5 Å². The molecule has 0 aliphatic heterocycles. The molecule has 0 atom stereocenters. The normalized spacial score (nSPS) is 11.8. The monoisotopic (exact) mass is 355 g/mol. The molecule has 0 fully saturated rings. The van der Waals surface area contributed by atoms with E-state index in [4.69, 9.17) is 17.3 Å². The number of hydrogen-bond acceptors (Lipinski definition) is 6. The molecule has 8 nitrogen and oxygen atoms in total. The van der Waals surface area contributed by atoms with Gasteiger partial charge in [-0.3, -0.25) is 14.9 Å². The summed E-state index contributed by atoms with van der Waals surface area (Å²) in [6.07, 6.45) is 1.25. The highest BCUT2D eigenvalue weighted by Gasteiger charge is 2.31. The summed E-state index contributed by atoms with van der Waals surface area (Å²) in [4.78, 5) is 21.0. The van der Waals surface area contributed by atoms with Crippen molar-refractivity contribution in [2.75, 3.05) is 13.1 Å². The summed E-state index contributed by atoms with van der Waals surface area (Å²) in [5.74, 6) is -0.799. The van der Waals surface area contributed by atoms with Gasteiger partial charge in [-0.15, -0.1) is 11.3 Å². The van der Waals surface area contributed by atoms with Crippen LogP contribution in [0.1, 0.15) is 19.8 Å². The Morgan fingerprint density at radius 3 is 2.62 bits per heavy atom. The molecule has 118 valence electrons. The van der Waals surface area contributed by atoms with Crippen molar-refractivity contribution in [2.45, 2.75) is 24.0 Å². The third-order valence-corrected chi connectivity index (χ3v) is 6.16. The molecule has 2 N–H and O–H groups in total. The molecule has 0 saturated carbocycles. The summed E-state index contributed by atoms with van der Waals surface area (Å²) in [5, 5.41) is 10.7. The molecule has 1 amide bonds. The molecular weight excluding hydrogens is 342 g/mol. The van der Waals surface area contributed by atoms with Crippen molar-refractivity contribution in [3.05, 3.63) is 20.5 Å². The molecule has 11 heteroatoms. The Morgan fingerprint density at radius 2 is 2.19 bits per heavy atom.